The van der Waals surface area contributed by atoms with Crippen molar-refractivity contribution in [3.05, 3.63) is 72.1 Å². The smallest absolute Gasteiger partial charge is 0.240 e. The maximum Gasteiger partial charge on any atom is 0.240 e. The summed E-state index contributed by atoms with van der Waals surface area (Å²) in [5.74, 6) is 1.22. The van der Waals surface area contributed by atoms with Crippen LogP contribution in [0.25, 0.3) is 20.7 Å². The number of methoxy groups -OCH3 is 1. The summed E-state index contributed by atoms with van der Waals surface area (Å²) < 4.78 is 6.21. The highest BCUT2D eigenvalue weighted by molar-refractivity contribution is 7.22. The minimum Gasteiger partial charge on any atom is -0.497 e. The molecule has 30 heavy (non-hydrogen) atoms. The van der Waals surface area contributed by atoms with Crippen LogP contribution in [0.2, 0.25) is 0 Å². The van der Waals surface area contributed by atoms with Gasteiger partial charge in [-0.1, -0.05) is 24.3 Å². The number of hydrogen-bond acceptors (Lipinski definition) is 6. The first-order valence-electron chi connectivity index (χ1n) is 9.66. The average molecular weight is 417 g/mol. The SMILES string of the molecule is COc1ccc(-c2cc3ncnc(N4Cc5ccccc5C[C@@H]4C(N)=O)c3s2)cc1. The van der Waals surface area contributed by atoms with Crippen LogP contribution in [0.4, 0.5) is 5.82 Å². The third kappa shape index (κ3) is 3.17. The molecule has 1 amide bonds. The van der Waals surface area contributed by atoms with Crippen molar-refractivity contribution in [2.75, 3.05) is 12.0 Å². The van der Waals surface area contributed by atoms with Gasteiger partial charge in [-0.3, -0.25) is 4.79 Å². The lowest BCUT2D eigenvalue weighted by Gasteiger charge is -2.36. The van der Waals surface area contributed by atoms with Gasteiger partial charge >= 0.3 is 0 Å². The van der Waals surface area contributed by atoms with Gasteiger partial charge in [0.1, 0.15) is 18.1 Å². The van der Waals surface area contributed by atoms with Crippen LogP contribution in [0, 0.1) is 0 Å². The topological polar surface area (TPSA) is 81.3 Å². The van der Waals surface area contributed by atoms with Gasteiger partial charge in [-0.05, 0) is 47.0 Å². The van der Waals surface area contributed by atoms with E-state index in [4.69, 9.17) is 10.5 Å². The van der Waals surface area contributed by atoms with Gasteiger partial charge in [0.2, 0.25) is 5.91 Å². The van der Waals surface area contributed by atoms with Gasteiger partial charge in [0.25, 0.3) is 0 Å². The molecule has 1 aliphatic rings. The molecule has 0 unspecified atom stereocenters. The van der Waals surface area contributed by atoms with Crippen molar-refractivity contribution in [3.63, 3.8) is 0 Å². The molecule has 3 heterocycles. The van der Waals surface area contributed by atoms with Gasteiger partial charge in [0.05, 0.1) is 17.3 Å². The highest BCUT2D eigenvalue weighted by Crippen LogP contribution is 2.39. The summed E-state index contributed by atoms with van der Waals surface area (Å²) in [7, 11) is 1.65. The molecule has 6 nitrogen and oxygen atoms in total. The Labute approximate surface area is 178 Å². The summed E-state index contributed by atoms with van der Waals surface area (Å²) in [6.45, 7) is 0.589. The summed E-state index contributed by atoms with van der Waals surface area (Å²) in [6.07, 6.45) is 2.13. The largest absolute Gasteiger partial charge is 0.497 e. The van der Waals surface area contributed by atoms with E-state index in [1.54, 1.807) is 24.8 Å². The van der Waals surface area contributed by atoms with Crippen LogP contribution >= 0.6 is 11.3 Å². The number of fused-ring (bicyclic) bond motifs is 2. The Balaban J connectivity index is 1.59. The van der Waals surface area contributed by atoms with E-state index in [2.05, 4.69) is 28.2 Å². The first kappa shape index (κ1) is 18.6. The molecule has 0 saturated heterocycles. The molecule has 0 radical (unpaired) electrons. The Bertz CT molecular complexity index is 1240. The Kier molecular flexibility index (Phi) is 4.59. The molecule has 150 valence electrons. The fourth-order valence-corrected chi connectivity index (χ4v) is 5.07. The van der Waals surface area contributed by atoms with Crippen LogP contribution in [0.15, 0.2) is 60.9 Å². The van der Waals surface area contributed by atoms with Crippen molar-refractivity contribution in [2.24, 2.45) is 5.73 Å². The molecule has 1 atom stereocenters. The number of hydrogen-bond donors (Lipinski definition) is 1. The van der Waals surface area contributed by atoms with Gasteiger partial charge in [-0.2, -0.15) is 0 Å². The fraction of sp³-hybridized carbons (Fsp3) is 0.174. The van der Waals surface area contributed by atoms with Crippen molar-refractivity contribution in [1.29, 1.82) is 0 Å². The van der Waals surface area contributed by atoms with E-state index < -0.39 is 6.04 Å². The van der Waals surface area contributed by atoms with Gasteiger partial charge in [0.15, 0.2) is 5.82 Å². The van der Waals surface area contributed by atoms with E-state index in [1.807, 2.05) is 41.3 Å². The first-order valence-corrected chi connectivity index (χ1v) is 10.5. The zero-order valence-electron chi connectivity index (χ0n) is 16.4. The summed E-state index contributed by atoms with van der Waals surface area (Å²) in [5, 5.41) is 0. The summed E-state index contributed by atoms with van der Waals surface area (Å²) >= 11 is 1.62. The molecule has 1 aliphatic heterocycles. The minimum absolute atomic E-state index is 0.344. The molecule has 4 aromatic rings. The van der Waals surface area contributed by atoms with Crippen molar-refractivity contribution >= 4 is 33.3 Å². The zero-order valence-corrected chi connectivity index (χ0v) is 17.2. The predicted molar refractivity (Wildman–Crippen MR) is 119 cm³/mol. The maximum absolute atomic E-state index is 12.3. The molecule has 2 aromatic heterocycles. The maximum atomic E-state index is 12.3. The number of carbonyl (C=O) groups is 1. The molecule has 0 spiro atoms. The second-order valence-corrected chi connectivity index (χ2v) is 8.32. The van der Waals surface area contributed by atoms with Gasteiger partial charge < -0.3 is 15.4 Å². The van der Waals surface area contributed by atoms with Crippen molar-refractivity contribution in [1.82, 2.24) is 9.97 Å². The van der Waals surface area contributed by atoms with Gasteiger partial charge in [-0.15, -0.1) is 11.3 Å². The Morgan fingerprint density at radius 3 is 2.63 bits per heavy atom. The molecule has 7 heteroatoms. The lowest BCUT2D eigenvalue weighted by Crippen LogP contribution is -2.49. The molecule has 0 fully saturated rings. The van der Waals surface area contributed by atoms with Crippen LogP contribution in [0.1, 0.15) is 11.1 Å². The second-order valence-electron chi connectivity index (χ2n) is 7.27. The minimum atomic E-state index is -0.440. The summed E-state index contributed by atoms with van der Waals surface area (Å²) in [6, 6.07) is 17.7. The lowest BCUT2D eigenvalue weighted by atomic mass is 9.93. The lowest BCUT2D eigenvalue weighted by molar-refractivity contribution is -0.119. The van der Waals surface area contributed by atoms with Crippen molar-refractivity contribution in [3.8, 4) is 16.2 Å². The van der Waals surface area contributed by atoms with Gasteiger partial charge in [0, 0.05) is 17.8 Å². The number of anilines is 1. The van der Waals surface area contributed by atoms with E-state index in [-0.39, 0.29) is 5.91 Å². The number of primary amides is 1. The van der Waals surface area contributed by atoms with Crippen LogP contribution in [0.5, 0.6) is 5.75 Å². The molecular formula is C23H20N4O2S. The summed E-state index contributed by atoms with van der Waals surface area (Å²) in [4.78, 5) is 24.4. The van der Waals surface area contributed by atoms with Crippen molar-refractivity contribution < 1.29 is 9.53 Å². The number of thiophene rings is 1. The van der Waals surface area contributed by atoms with Gasteiger partial charge in [-0.25, -0.2) is 9.97 Å². The van der Waals surface area contributed by atoms with E-state index in [1.165, 1.54) is 5.56 Å². The average Bonchev–Trinajstić information content (AvgIpc) is 3.22. The molecular weight excluding hydrogens is 396 g/mol. The molecule has 2 aromatic carbocycles. The van der Waals surface area contributed by atoms with E-state index >= 15 is 0 Å². The molecule has 5 rings (SSSR count). The Morgan fingerprint density at radius 1 is 1.13 bits per heavy atom. The van der Waals surface area contributed by atoms with Crippen LogP contribution < -0.4 is 15.4 Å². The van der Waals surface area contributed by atoms with Crippen LogP contribution in [-0.4, -0.2) is 29.0 Å². The molecule has 0 bridgehead atoms. The number of nitrogens with two attached hydrogens (primary N) is 1. The predicted octanol–water partition coefficient (Wildman–Crippen LogP) is 3.78. The number of carbonyl (C=O) groups excluding carboxylic acids is 1. The third-order valence-corrected chi connectivity index (χ3v) is 6.69. The van der Waals surface area contributed by atoms with Crippen molar-refractivity contribution in [2.45, 2.75) is 19.0 Å². The Hall–Kier alpha value is -3.45. The first-order chi connectivity index (χ1) is 14.6. The molecule has 0 aliphatic carbocycles. The monoisotopic (exact) mass is 416 g/mol. The zero-order chi connectivity index (χ0) is 20.7. The highest BCUT2D eigenvalue weighted by Gasteiger charge is 2.32. The van der Waals surface area contributed by atoms with Crippen LogP contribution in [-0.2, 0) is 17.8 Å². The van der Waals surface area contributed by atoms with E-state index in [9.17, 15) is 4.79 Å². The third-order valence-electron chi connectivity index (χ3n) is 5.52. The number of ether oxygens (including phenoxy) is 1. The van der Waals surface area contributed by atoms with E-state index in [0.717, 1.165) is 37.8 Å². The number of aromatic nitrogens is 2. The van der Waals surface area contributed by atoms with E-state index in [0.29, 0.717) is 13.0 Å². The molecule has 2 N–H and O–H groups in total. The number of rotatable bonds is 4. The number of amides is 1. The van der Waals surface area contributed by atoms with Crippen LogP contribution in [0.3, 0.4) is 0 Å². The quantitative estimate of drug-likeness (QED) is 0.547. The Morgan fingerprint density at radius 2 is 1.90 bits per heavy atom. The highest BCUT2D eigenvalue weighted by atomic mass is 32.1. The fourth-order valence-electron chi connectivity index (χ4n) is 3.94. The number of nitrogens with zero attached hydrogens (tertiary/aromatic N) is 3. The normalized spacial score (nSPS) is 15.8. The standard InChI is InChI=1S/C23H20N4O2S/c1-29-17-8-6-14(7-9-17)20-11-18-21(30-20)23(26-13-25-18)27-12-16-5-3-2-4-15(16)10-19(27)22(24)28/h2-9,11,13,19H,10,12H2,1H3,(H2,24,28)/t19-/m1/s1. The summed E-state index contributed by atoms with van der Waals surface area (Å²) in [5.41, 5.74) is 10.1. The molecule has 0 saturated carbocycles. The second kappa shape index (κ2) is 7.42. The number of benzene rings is 2.